The molecule has 0 amide bonds. The Balaban J connectivity index is 0.000000267. The Morgan fingerprint density at radius 3 is 2.29 bits per heavy atom. The van der Waals surface area contributed by atoms with Gasteiger partial charge in [0.15, 0.2) is 0 Å². The van der Waals surface area contributed by atoms with Crippen molar-refractivity contribution in [3.8, 4) is 0 Å². The molecule has 0 saturated carbocycles. The van der Waals surface area contributed by atoms with E-state index in [1.807, 2.05) is 18.2 Å². The predicted molar refractivity (Wildman–Crippen MR) is 93.7 cm³/mol. The average Bonchev–Trinajstić information content (AvgIpc) is 2.53. The van der Waals surface area contributed by atoms with Crippen molar-refractivity contribution in [2.45, 2.75) is 19.5 Å². The highest BCUT2D eigenvalue weighted by Crippen LogP contribution is 2.09. The van der Waals surface area contributed by atoms with E-state index in [9.17, 15) is 0 Å². The fraction of sp³-hybridized carbons (Fsp3) is 0.353. The minimum Gasteiger partial charge on any atom is -0.314 e. The van der Waals surface area contributed by atoms with Crippen LogP contribution < -0.4 is 5.32 Å². The zero-order valence-electron chi connectivity index (χ0n) is 12.5. The largest absolute Gasteiger partial charge is 0.314 e. The maximum atomic E-state index is 3.78. The summed E-state index contributed by atoms with van der Waals surface area (Å²) >= 11 is 0. The van der Waals surface area contributed by atoms with Gasteiger partial charge in [-0.3, -0.25) is 9.88 Å². The van der Waals surface area contributed by atoms with Crippen LogP contribution in [0, 0.1) is 0 Å². The third kappa shape index (κ3) is 6.85. The number of benzene rings is 1. The third-order valence-electron chi connectivity index (χ3n) is 3.43. The molecule has 0 aliphatic carbocycles. The van der Waals surface area contributed by atoms with E-state index in [0.717, 1.165) is 26.2 Å². The average molecular weight is 350 g/mol. The van der Waals surface area contributed by atoms with E-state index in [1.165, 1.54) is 5.56 Å². The first-order chi connectivity index (χ1) is 9.86. The molecule has 3 nitrogen and oxygen atoms in total. The van der Waals surface area contributed by atoms with Gasteiger partial charge in [0.05, 0.1) is 0 Å². The van der Waals surface area contributed by atoms with Crippen molar-refractivity contribution in [2.75, 3.05) is 19.6 Å². The van der Waals surface area contributed by atoms with Crippen molar-refractivity contribution >= 4 is 17.0 Å². The van der Waals surface area contributed by atoms with Crippen LogP contribution in [0.15, 0.2) is 60.9 Å². The summed E-state index contributed by atoms with van der Waals surface area (Å²) in [6.45, 7) is 6.78. The molecule has 21 heavy (non-hydrogen) atoms. The van der Waals surface area contributed by atoms with Crippen molar-refractivity contribution in [1.29, 1.82) is 0 Å². The highest BCUT2D eigenvalue weighted by atomic mass is 79.9. The number of aromatic nitrogens is 1. The molecule has 1 N–H and O–H groups in total. The minimum atomic E-state index is 0. The van der Waals surface area contributed by atoms with E-state index >= 15 is 0 Å². The van der Waals surface area contributed by atoms with Crippen LogP contribution in [0.3, 0.4) is 0 Å². The monoisotopic (exact) mass is 349 g/mol. The summed E-state index contributed by atoms with van der Waals surface area (Å²) in [7, 11) is 0. The highest BCUT2D eigenvalue weighted by molar-refractivity contribution is 8.93. The molecule has 2 aromatic rings. The lowest BCUT2D eigenvalue weighted by molar-refractivity contribution is 0.165. The van der Waals surface area contributed by atoms with Crippen LogP contribution in [0.1, 0.15) is 12.5 Å². The Labute approximate surface area is 138 Å². The molecule has 1 aliphatic heterocycles. The molecular weight excluding hydrogens is 326 g/mol. The number of hydrogen-bond donors (Lipinski definition) is 1. The second kappa shape index (κ2) is 10.5. The fourth-order valence-corrected chi connectivity index (χ4v) is 2.25. The molecule has 0 spiro atoms. The second-order valence-corrected chi connectivity index (χ2v) is 5.03. The van der Waals surface area contributed by atoms with Crippen molar-refractivity contribution in [1.82, 2.24) is 15.2 Å². The molecule has 1 saturated heterocycles. The van der Waals surface area contributed by atoms with E-state index in [-0.39, 0.29) is 17.0 Å². The van der Waals surface area contributed by atoms with E-state index in [4.69, 9.17) is 0 Å². The molecule has 1 unspecified atom stereocenters. The lowest BCUT2D eigenvalue weighted by atomic mass is 10.1. The molecular formula is C17H24BrN3. The van der Waals surface area contributed by atoms with E-state index in [1.54, 1.807) is 12.4 Å². The Hall–Kier alpha value is -1.23. The summed E-state index contributed by atoms with van der Waals surface area (Å²) in [6, 6.07) is 17.1. The van der Waals surface area contributed by atoms with Crippen LogP contribution in [0.4, 0.5) is 0 Å². The second-order valence-electron chi connectivity index (χ2n) is 5.03. The lowest BCUT2D eigenvalue weighted by Gasteiger charge is -2.33. The lowest BCUT2D eigenvalue weighted by Crippen LogP contribution is -2.49. The van der Waals surface area contributed by atoms with Crippen LogP contribution >= 0.6 is 17.0 Å². The van der Waals surface area contributed by atoms with Gasteiger partial charge in [-0.15, -0.1) is 17.0 Å². The first-order valence-electron chi connectivity index (χ1n) is 7.20. The summed E-state index contributed by atoms with van der Waals surface area (Å²) in [5.41, 5.74) is 1.42. The van der Waals surface area contributed by atoms with Crippen molar-refractivity contribution in [3.05, 3.63) is 66.5 Å². The molecule has 1 fully saturated rings. The molecule has 1 aromatic carbocycles. The number of nitrogens with zero attached hydrogens (tertiary/aromatic N) is 2. The van der Waals surface area contributed by atoms with Gasteiger partial charge in [0.2, 0.25) is 0 Å². The first kappa shape index (κ1) is 17.8. The Bertz CT molecular complexity index is 437. The van der Waals surface area contributed by atoms with E-state index in [2.05, 4.69) is 52.5 Å². The third-order valence-corrected chi connectivity index (χ3v) is 3.43. The van der Waals surface area contributed by atoms with Crippen LogP contribution in [-0.2, 0) is 6.54 Å². The van der Waals surface area contributed by atoms with Gasteiger partial charge in [0, 0.05) is 44.6 Å². The number of rotatable bonds is 2. The van der Waals surface area contributed by atoms with Crippen LogP contribution in [0.5, 0.6) is 0 Å². The summed E-state index contributed by atoms with van der Waals surface area (Å²) in [5, 5.41) is 3.41. The highest BCUT2D eigenvalue weighted by Gasteiger charge is 2.17. The topological polar surface area (TPSA) is 28.2 Å². The van der Waals surface area contributed by atoms with Gasteiger partial charge < -0.3 is 5.32 Å². The van der Waals surface area contributed by atoms with Gasteiger partial charge in [0.1, 0.15) is 0 Å². The van der Waals surface area contributed by atoms with Gasteiger partial charge in [0.25, 0.3) is 0 Å². The number of halogens is 1. The summed E-state index contributed by atoms with van der Waals surface area (Å²) in [6.07, 6.45) is 3.50. The van der Waals surface area contributed by atoms with Gasteiger partial charge in [-0.25, -0.2) is 0 Å². The molecule has 1 aromatic heterocycles. The van der Waals surface area contributed by atoms with Gasteiger partial charge in [-0.2, -0.15) is 0 Å². The predicted octanol–water partition coefficient (Wildman–Crippen LogP) is 3.14. The minimum absolute atomic E-state index is 0. The molecule has 1 aliphatic rings. The molecule has 2 heterocycles. The molecule has 114 valence electrons. The van der Waals surface area contributed by atoms with Gasteiger partial charge in [-0.05, 0) is 24.6 Å². The fourth-order valence-electron chi connectivity index (χ4n) is 2.25. The summed E-state index contributed by atoms with van der Waals surface area (Å²) in [5.74, 6) is 0. The van der Waals surface area contributed by atoms with Gasteiger partial charge >= 0.3 is 0 Å². The molecule has 4 heteroatoms. The number of pyridine rings is 1. The maximum Gasteiger partial charge on any atom is 0.0267 e. The number of piperazine rings is 1. The Kier molecular flexibility index (Phi) is 8.90. The molecule has 0 bridgehead atoms. The number of nitrogens with one attached hydrogen (secondary N) is 1. The van der Waals surface area contributed by atoms with Crippen molar-refractivity contribution in [2.24, 2.45) is 0 Å². The van der Waals surface area contributed by atoms with Crippen LogP contribution in [0.2, 0.25) is 0 Å². The van der Waals surface area contributed by atoms with Crippen molar-refractivity contribution < 1.29 is 0 Å². The van der Waals surface area contributed by atoms with Crippen LogP contribution in [-0.4, -0.2) is 35.6 Å². The molecule has 3 rings (SSSR count). The quantitative estimate of drug-likeness (QED) is 0.902. The van der Waals surface area contributed by atoms with Gasteiger partial charge in [-0.1, -0.05) is 36.4 Å². The maximum absolute atomic E-state index is 3.78. The summed E-state index contributed by atoms with van der Waals surface area (Å²) < 4.78 is 0. The van der Waals surface area contributed by atoms with E-state index < -0.39 is 0 Å². The standard InChI is InChI=1S/C12H18N2.C5H5N.BrH/c1-11-9-13-7-8-14(11)10-12-5-3-2-4-6-12;1-2-4-6-5-3-1;/h2-6,11,13H,7-10H2,1H3;1-5H;1H. The summed E-state index contributed by atoms with van der Waals surface area (Å²) in [4.78, 5) is 6.32. The molecule has 1 atom stereocenters. The zero-order valence-corrected chi connectivity index (χ0v) is 14.2. The SMILES string of the molecule is Br.CC1CNCCN1Cc1ccccc1.c1ccncc1. The smallest absolute Gasteiger partial charge is 0.0267 e. The zero-order chi connectivity index (χ0) is 14.0. The number of hydrogen-bond acceptors (Lipinski definition) is 3. The van der Waals surface area contributed by atoms with E-state index in [0.29, 0.717) is 6.04 Å². The Morgan fingerprint density at radius 2 is 1.76 bits per heavy atom. The van der Waals surface area contributed by atoms with Crippen LogP contribution in [0.25, 0.3) is 0 Å². The Morgan fingerprint density at radius 1 is 1.10 bits per heavy atom. The van der Waals surface area contributed by atoms with Crippen molar-refractivity contribution in [3.63, 3.8) is 0 Å². The normalized spacial score (nSPS) is 18.0. The first-order valence-corrected chi connectivity index (χ1v) is 7.20. The molecule has 0 radical (unpaired) electrons.